The van der Waals surface area contributed by atoms with E-state index in [0.29, 0.717) is 18.6 Å². The Kier molecular flexibility index (Phi) is 4.64. The van der Waals surface area contributed by atoms with Crippen molar-refractivity contribution < 1.29 is 14.3 Å². The molecule has 0 bridgehead atoms. The van der Waals surface area contributed by atoms with E-state index in [0.717, 1.165) is 0 Å². The number of aromatic nitrogens is 4. The van der Waals surface area contributed by atoms with Crippen molar-refractivity contribution in [2.45, 2.75) is 12.8 Å². The van der Waals surface area contributed by atoms with Crippen LogP contribution in [0.25, 0.3) is 5.65 Å². The summed E-state index contributed by atoms with van der Waals surface area (Å²) in [4.78, 5) is 32.3. The third kappa shape index (κ3) is 3.88. The molecule has 0 aliphatic heterocycles. The van der Waals surface area contributed by atoms with E-state index < -0.39 is 6.09 Å². The molecule has 0 unspecified atom stereocenters. The highest BCUT2D eigenvalue weighted by atomic mass is 16.5. The first-order chi connectivity index (χ1) is 10.1. The quantitative estimate of drug-likeness (QED) is 0.863. The van der Waals surface area contributed by atoms with E-state index >= 15 is 0 Å². The Balaban J connectivity index is 1.80. The summed E-state index contributed by atoms with van der Waals surface area (Å²) in [5, 5.41) is 6.69. The van der Waals surface area contributed by atoms with Gasteiger partial charge in [0.1, 0.15) is 0 Å². The molecule has 21 heavy (non-hydrogen) atoms. The van der Waals surface area contributed by atoms with Gasteiger partial charge in [-0.05, 0) is 6.42 Å². The molecule has 2 heterocycles. The lowest BCUT2D eigenvalue weighted by molar-refractivity contribution is -0.116. The van der Waals surface area contributed by atoms with Gasteiger partial charge in [-0.1, -0.05) is 0 Å². The number of ether oxygens (including phenoxy) is 1. The number of carbonyl (C=O) groups is 2. The molecule has 0 fully saturated rings. The number of nitrogens with one attached hydrogen (secondary N) is 1. The lowest BCUT2D eigenvalue weighted by Gasteiger charge is -2.14. The number of amides is 2. The van der Waals surface area contributed by atoms with Gasteiger partial charge in [0.25, 0.3) is 0 Å². The van der Waals surface area contributed by atoms with Crippen LogP contribution in [0.5, 0.6) is 0 Å². The summed E-state index contributed by atoms with van der Waals surface area (Å²) in [6, 6.07) is 0. The number of carbonyl (C=O) groups excluding carboxylic acids is 2. The van der Waals surface area contributed by atoms with E-state index in [1.54, 1.807) is 25.6 Å². The topological polar surface area (TPSA) is 102 Å². The van der Waals surface area contributed by atoms with Crippen LogP contribution in [0.2, 0.25) is 0 Å². The minimum absolute atomic E-state index is 0.211. The second kappa shape index (κ2) is 6.64. The second-order valence-corrected chi connectivity index (χ2v) is 4.36. The average molecular weight is 292 g/mol. The van der Waals surface area contributed by atoms with Crippen molar-refractivity contribution in [1.82, 2.24) is 24.5 Å². The van der Waals surface area contributed by atoms with E-state index in [2.05, 4.69) is 25.1 Å². The highest BCUT2D eigenvalue weighted by molar-refractivity contribution is 5.89. The number of anilines is 1. The summed E-state index contributed by atoms with van der Waals surface area (Å²) in [6.45, 7) is 0.433. The smallest absolute Gasteiger partial charge is 0.409 e. The summed E-state index contributed by atoms with van der Waals surface area (Å²) >= 11 is 0. The zero-order chi connectivity index (χ0) is 15.2. The summed E-state index contributed by atoms with van der Waals surface area (Å²) < 4.78 is 6.08. The van der Waals surface area contributed by atoms with Crippen LogP contribution in [0.4, 0.5) is 10.7 Å². The van der Waals surface area contributed by atoms with Gasteiger partial charge >= 0.3 is 6.09 Å². The van der Waals surface area contributed by atoms with Gasteiger partial charge in [0, 0.05) is 32.4 Å². The maximum atomic E-state index is 11.8. The fourth-order valence-electron chi connectivity index (χ4n) is 1.71. The lowest BCUT2D eigenvalue weighted by atomic mass is 10.3. The van der Waals surface area contributed by atoms with Crippen molar-refractivity contribution in [1.29, 1.82) is 0 Å². The largest absolute Gasteiger partial charge is 0.453 e. The Labute approximate surface area is 120 Å². The Morgan fingerprint density at radius 2 is 2.29 bits per heavy atom. The normalized spacial score (nSPS) is 10.4. The Bertz CT molecular complexity index is 608. The van der Waals surface area contributed by atoms with E-state index in [-0.39, 0.29) is 18.3 Å². The molecule has 1 N–H and O–H groups in total. The molecular formula is C12H16N6O3. The summed E-state index contributed by atoms with van der Waals surface area (Å²) in [5.41, 5.74) is 0.554. The van der Waals surface area contributed by atoms with Gasteiger partial charge in [-0.3, -0.25) is 15.1 Å². The van der Waals surface area contributed by atoms with E-state index in [4.69, 9.17) is 0 Å². The third-order valence-electron chi connectivity index (χ3n) is 2.78. The molecule has 0 saturated carbocycles. The van der Waals surface area contributed by atoms with Crippen LogP contribution >= 0.6 is 0 Å². The van der Waals surface area contributed by atoms with Crippen LogP contribution in [0.15, 0.2) is 18.6 Å². The van der Waals surface area contributed by atoms with Crippen LogP contribution in [0.1, 0.15) is 12.8 Å². The van der Waals surface area contributed by atoms with Crippen LogP contribution in [0.3, 0.4) is 0 Å². The SMILES string of the molecule is COC(=O)N(C)CCCC(=O)Nc1nc2cnccn2n1. The number of fused-ring (bicyclic) bond motifs is 1. The maximum absolute atomic E-state index is 11.8. The standard InChI is InChI=1S/C12H16N6O3/c1-17(12(20)21-2)6-3-4-10(19)15-11-14-9-8-13-5-7-18(9)16-11/h5,7-8H,3-4,6H2,1-2H3,(H,15,16,19). The molecule has 0 spiro atoms. The number of methoxy groups -OCH3 is 1. The van der Waals surface area contributed by atoms with Crippen molar-refractivity contribution in [2.75, 3.05) is 26.0 Å². The predicted octanol–water partition coefficient (Wildman–Crippen LogP) is 0.541. The average Bonchev–Trinajstić information content (AvgIpc) is 2.88. The van der Waals surface area contributed by atoms with Gasteiger partial charge in [-0.2, -0.15) is 4.98 Å². The van der Waals surface area contributed by atoms with Crippen LogP contribution in [-0.2, 0) is 9.53 Å². The molecule has 0 aromatic carbocycles. The zero-order valence-electron chi connectivity index (χ0n) is 11.8. The minimum atomic E-state index is -0.426. The van der Waals surface area contributed by atoms with Gasteiger partial charge in [-0.25, -0.2) is 9.31 Å². The molecule has 0 atom stereocenters. The molecule has 9 nitrogen and oxygen atoms in total. The molecule has 0 radical (unpaired) electrons. The van der Waals surface area contributed by atoms with Gasteiger partial charge in [0.05, 0.1) is 13.3 Å². The molecule has 112 valence electrons. The molecule has 2 amide bonds. The Hall–Kier alpha value is -2.71. The van der Waals surface area contributed by atoms with Crippen LogP contribution in [0, 0.1) is 0 Å². The lowest BCUT2D eigenvalue weighted by Crippen LogP contribution is -2.28. The molecule has 0 aliphatic carbocycles. The van der Waals surface area contributed by atoms with Crippen molar-refractivity contribution >= 4 is 23.6 Å². The fourth-order valence-corrected chi connectivity index (χ4v) is 1.71. The minimum Gasteiger partial charge on any atom is -0.453 e. The third-order valence-corrected chi connectivity index (χ3v) is 2.78. The Morgan fingerprint density at radius 1 is 1.48 bits per heavy atom. The first kappa shape index (κ1) is 14.7. The number of hydrogen-bond donors (Lipinski definition) is 1. The van der Waals surface area contributed by atoms with Crippen LogP contribution in [-0.4, -0.2) is 57.2 Å². The summed E-state index contributed by atoms with van der Waals surface area (Å²) in [6.07, 6.45) is 5.12. The Morgan fingerprint density at radius 3 is 3.00 bits per heavy atom. The van der Waals surface area contributed by atoms with Crippen molar-refractivity contribution in [3.63, 3.8) is 0 Å². The van der Waals surface area contributed by atoms with Crippen LogP contribution < -0.4 is 5.32 Å². The van der Waals surface area contributed by atoms with Crippen molar-refractivity contribution in [3.05, 3.63) is 18.6 Å². The highest BCUT2D eigenvalue weighted by Gasteiger charge is 2.10. The first-order valence-electron chi connectivity index (χ1n) is 6.35. The molecule has 2 aromatic heterocycles. The molecule has 2 aromatic rings. The molecule has 0 saturated heterocycles. The van der Waals surface area contributed by atoms with Gasteiger partial charge < -0.3 is 9.64 Å². The first-order valence-corrected chi connectivity index (χ1v) is 6.35. The van der Waals surface area contributed by atoms with E-state index in [9.17, 15) is 9.59 Å². The van der Waals surface area contributed by atoms with E-state index in [1.165, 1.54) is 16.5 Å². The zero-order valence-corrected chi connectivity index (χ0v) is 11.8. The van der Waals surface area contributed by atoms with Gasteiger partial charge in [0.2, 0.25) is 11.9 Å². The van der Waals surface area contributed by atoms with E-state index in [1.807, 2.05) is 0 Å². The van der Waals surface area contributed by atoms with Gasteiger partial charge in [0.15, 0.2) is 5.65 Å². The molecule has 0 aliphatic rings. The number of nitrogens with zero attached hydrogens (tertiary/aromatic N) is 5. The molecular weight excluding hydrogens is 276 g/mol. The highest BCUT2D eigenvalue weighted by Crippen LogP contribution is 2.04. The summed E-state index contributed by atoms with van der Waals surface area (Å²) in [7, 11) is 2.93. The van der Waals surface area contributed by atoms with Crippen molar-refractivity contribution in [2.24, 2.45) is 0 Å². The summed E-state index contributed by atoms with van der Waals surface area (Å²) in [5.74, 6) is 0.0199. The number of hydrogen-bond acceptors (Lipinski definition) is 6. The van der Waals surface area contributed by atoms with Gasteiger partial charge in [-0.15, -0.1) is 5.10 Å². The molecule has 2 rings (SSSR count). The maximum Gasteiger partial charge on any atom is 0.409 e. The monoisotopic (exact) mass is 292 g/mol. The second-order valence-electron chi connectivity index (χ2n) is 4.36. The fraction of sp³-hybridized carbons (Fsp3) is 0.417. The molecule has 9 heteroatoms. The predicted molar refractivity (Wildman–Crippen MR) is 73.7 cm³/mol. The van der Waals surface area contributed by atoms with Crippen molar-refractivity contribution in [3.8, 4) is 0 Å². The number of rotatable bonds is 5.